The average molecular weight is 475 g/mol. The topological polar surface area (TPSA) is 128 Å². The van der Waals surface area contributed by atoms with Gasteiger partial charge in [-0.25, -0.2) is 4.98 Å². The summed E-state index contributed by atoms with van der Waals surface area (Å²) in [6, 6.07) is 3.88. The lowest BCUT2D eigenvalue weighted by Crippen LogP contribution is -2.29. The normalized spacial score (nSPS) is 18.8. The van der Waals surface area contributed by atoms with Crippen LogP contribution in [0.3, 0.4) is 0 Å². The maximum absolute atomic E-state index is 12.6. The predicted molar refractivity (Wildman–Crippen MR) is 113 cm³/mol. The molecule has 1 aromatic carbocycles. The molecule has 13 heteroatoms. The number of aromatic nitrogens is 2. The van der Waals surface area contributed by atoms with Gasteiger partial charge in [0.05, 0.1) is 4.92 Å². The van der Waals surface area contributed by atoms with Crippen LogP contribution in [-0.2, 0) is 6.54 Å². The summed E-state index contributed by atoms with van der Waals surface area (Å²) in [6.45, 7) is 0.339. The number of rotatable bonds is 8. The Morgan fingerprint density at radius 1 is 1.25 bits per heavy atom. The van der Waals surface area contributed by atoms with Crippen molar-refractivity contribution < 1.29 is 22.8 Å². The molecule has 32 heavy (non-hydrogen) atoms. The molecule has 1 aromatic heterocycles. The highest BCUT2D eigenvalue weighted by Gasteiger charge is 2.32. The number of nitrogens with two attached hydrogens (primary N) is 1. The summed E-state index contributed by atoms with van der Waals surface area (Å²) < 4.78 is 41.9. The zero-order chi connectivity index (χ0) is 23.3. The van der Waals surface area contributed by atoms with Crippen LogP contribution in [0.1, 0.15) is 31.2 Å². The highest BCUT2D eigenvalue weighted by Crippen LogP contribution is 2.30. The van der Waals surface area contributed by atoms with Gasteiger partial charge in [0.25, 0.3) is 0 Å². The summed E-state index contributed by atoms with van der Waals surface area (Å²) in [7, 11) is 0. The summed E-state index contributed by atoms with van der Waals surface area (Å²) >= 11 is 5.89. The van der Waals surface area contributed by atoms with Crippen molar-refractivity contribution in [3.05, 3.63) is 45.1 Å². The third-order valence-electron chi connectivity index (χ3n) is 5.10. The molecule has 0 aliphatic heterocycles. The molecule has 3 rings (SSSR count). The van der Waals surface area contributed by atoms with E-state index in [1.54, 1.807) is 0 Å². The maximum atomic E-state index is 12.6. The summed E-state index contributed by atoms with van der Waals surface area (Å²) in [5.74, 6) is -0.0820. The van der Waals surface area contributed by atoms with E-state index in [9.17, 15) is 23.3 Å². The Hall–Kier alpha value is -2.86. The molecule has 1 saturated carbocycles. The molecule has 2 aromatic rings. The summed E-state index contributed by atoms with van der Waals surface area (Å²) in [5, 5.41) is 17.3. The van der Waals surface area contributed by atoms with Gasteiger partial charge in [-0.05, 0) is 49.8 Å². The fraction of sp³-hybridized carbons (Fsp3) is 0.474. The quantitative estimate of drug-likeness (QED) is 0.377. The molecule has 1 heterocycles. The molecule has 9 nitrogen and oxygen atoms in total. The van der Waals surface area contributed by atoms with Crippen molar-refractivity contribution >= 4 is 29.1 Å². The Morgan fingerprint density at radius 3 is 2.62 bits per heavy atom. The molecule has 0 radical (unpaired) electrons. The van der Waals surface area contributed by atoms with Crippen molar-refractivity contribution in [3.63, 3.8) is 0 Å². The van der Waals surface area contributed by atoms with Crippen LogP contribution in [-0.4, -0.2) is 33.8 Å². The van der Waals surface area contributed by atoms with Crippen LogP contribution in [0.15, 0.2) is 24.4 Å². The second kappa shape index (κ2) is 10.2. The van der Waals surface area contributed by atoms with E-state index in [2.05, 4.69) is 25.3 Å². The molecule has 1 fully saturated rings. The molecule has 1 aliphatic rings. The van der Waals surface area contributed by atoms with Crippen LogP contribution in [0, 0.1) is 16.0 Å². The third kappa shape index (κ3) is 6.82. The second-order valence-electron chi connectivity index (χ2n) is 7.50. The predicted octanol–water partition coefficient (Wildman–Crippen LogP) is 4.48. The Morgan fingerprint density at radius 2 is 1.97 bits per heavy atom. The van der Waals surface area contributed by atoms with E-state index in [0.29, 0.717) is 12.5 Å². The molecular formula is C19H22ClF3N6O3. The van der Waals surface area contributed by atoms with Gasteiger partial charge in [-0.2, -0.15) is 4.98 Å². The lowest BCUT2D eigenvalue weighted by atomic mass is 9.86. The van der Waals surface area contributed by atoms with Gasteiger partial charge in [0, 0.05) is 29.7 Å². The monoisotopic (exact) mass is 474 g/mol. The van der Waals surface area contributed by atoms with E-state index < -0.39 is 17.0 Å². The first-order chi connectivity index (χ1) is 15.1. The van der Waals surface area contributed by atoms with Crippen LogP contribution in [0.4, 0.5) is 30.6 Å². The van der Waals surface area contributed by atoms with Gasteiger partial charge in [-0.3, -0.25) is 10.1 Å². The molecule has 4 N–H and O–H groups in total. The van der Waals surface area contributed by atoms with Crippen molar-refractivity contribution in [3.8, 4) is 5.75 Å². The third-order valence-corrected chi connectivity index (χ3v) is 5.34. The summed E-state index contributed by atoms with van der Waals surface area (Å²) in [5.41, 5.74) is 5.72. The Bertz CT molecular complexity index is 954. The Balaban J connectivity index is 1.71. The number of nitrogens with one attached hydrogen (secondary N) is 2. The zero-order valence-corrected chi connectivity index (χ0v) is 17.6. The molecular weight excluding hydrogens is 453 g/mol. The van der Waals surface area contributed by atoms with E-state index >= 15 is 0 Å². The largest absolute Gasteiger partial charge is 0.573 e. The maximum Gasteiger partial charge on any atom is 0.573 e. The van der Waals surface area contributed by atoms with Crippen molar-refractivity contribution in [1.29, 1.82) is 0 Å². The van der Waals surface area contributed by atoms with Crippen molar-refractivity contribution in [2.24, 2.45) is 11.7 Å². The first-order valence-electron chi connectivity index (χ1n) is 9.89. The first kappa shape index (κ1) is 23.8. The number of alkyl halides is 3. The van der Waals surface area contributed by atoms with Gasteiger partial charge >= 0.3 is 12.0 Å². The Kier molecular flexibility index (Phi) is 7.56. The SMILES string of the molecule is NC1CCC(CNc2nc(NCc3cc(Cl)ccc3OC(F)(F)F)ncc2[N+](=O)[O-])CC1. The van der Waals surface area contributed by atoms with Crippen LogP contribution in [0.2, 0.25) is 5.02 Å². The average Bonchev–Trinajstić information content (AvgIpc) is 2.72. The minimum absolute atomic E-state index is 0.00157. The lowest BCUT2D eigenvalue weighted by molar-refractivity contribution is -0.384. The zero-order valence-electron chi connectivity index (χ0n) is 16.9. The van der Waals surface area contributed by atoms with Crippen LogP contribution in [0.5, 0.6) is 5.75 Å². The van der Waals surface area contributed by atoms with Crippen LogP contribution in [0.25, 0.3) is 0 Å². The fourth-order valence-electron chi connectivity index (χ4n) is 3.44. The molecule has 1 aliphatic carbocycles. The molecule has 0 bridgehead atoms. The lowest BCUT2D eigenvalue weighted by Gasteiger charge is -2.26. The Labute approximate surface area is 186 Å². The number of ether oxygens (including phenoxy) is 1. The molecule has 0 saturated heterocycles. The molecule has 0 spiro atoms. The van der Waals surface area contributed by atoms with Gasteiger partial charge in [-0.1, -0.05) is 11.6 Å². The number of nitro groups is 1. The molecule has 174 valence electrons. The molecule has 0 amide bonds. The van der Waals surface area contributed by atoms with Crippen molar-refractivity contribution in [2.75, 3.05) is 17.2 Å². The number of benzene rings is 1. The van der Waals surface area contributed by atoms with Crippen molar-refractivity contribution in [2.45, 2.75) is 44.6 Å². The minimum Gasteiger partial charge on any atom is -0.405 e. The summed E-state index contributed by atoms with van der Waals surface area (Å²) in [4.78, 5) is 18.8. The second-order valence-corrected chi connectivity index (χ2v) is 7.94. The highest BCUT2D eigenvalue weighted by atomic mass is 35.5. The van der Waals surface area contributed by atoms with Gasteiger partial charge in [0.15, 0.2) is 0 Å². The first-order valence-corrected chi connectivity index (χ1v) is 10.3. The van der Waals surface area contributed by atoms with E-state index in [-0.39, 0.29) is 40.6 Å². The number of halogens is 4. The van der Waals surface area contributed by atoms with Crippen LogP contribution >= 0.6 is 11.6 Å². The summed E-state index contributed by atoms with van der Waals surface area (Å²) in [6.07, 6.45) is -0.212. The van der Waals surface area contributed by atoms with Gasteiger partial charge in [0.2, 0.25) is 11.8 Å². The van der Waals surface area contributed by atoms with Crippen LogP contribution < -0.4 is 21.1 Å². The number of hydrogen-bond acceptors (Lipinski definition) is 8. The van der Waals surface area contributed by atoms with E-state index in [1.807, 2.05) is 0 Å². The number of hydrogen-bond donors (Lipinski definition) is 3. The van der Waals surface area contributed by atoms with E-state index in [4.69, 9.17) is 17.3 Å². The molecule has 0 unspecified atom stereocenters. The standard InChI is InChI=1S/C19H22ClF3N6O3/c20-13-3-6-16(32-19(21,22)23)12(7-13)9-26-18-27-10-15(29(30)31)17(28-18)25-8-11-1-4-14(24)5-2-11/h3,6-7,10-11,14H,1-2,4-5,8-9,24H2,(H2,25,26,27,28). The smallest absolute Gasteiger partial charge is 0.405 e. The molecule has 0 atom stereocenters. The van der Waals surface area contributed by atoms with Crippen molar-refractivity contribution in [1.82, 2.24) is 9.97 Å². The van der Waals surface area contributed by atoms with Gasteiger partial charge in [0.1, 0.15) is 11.9 Å². The highest BCUT2D eigenvalue weighted by molar-refractivity contribution is 6.30. The number of nitrogens with zero attached hydrogens (tertiary/aromatic N) is 3. The van der Waals surface area contributed by atoms with E-state index in [0.717, 1.165) is 37.9 Å². The fourth-order valence-corrected chi connectivity index (χ4v) is 3.64. The number of anilines is 2. The van der Waals surface area contributed by atoms with E-state index in [1.165, 1.54) is 12.1 Å². The van der Waals surface area contributed by atoms with Gasteiger partial charge < -0.3 is 21.1 Å². The minimum atomic E-state index is -4.87. The van der Waals surface area contributed by atoms with Gasteiger partial charge in [-0.15, -0.1) is 13.2 Å².